The topological polar surface area (TPSA) is 6.48 Å². The van der Waals surface area contributed by atoms with Gasteiger partial charge in [0, 0.05) is 26.2 Å². The first kappa shape index (κ1) is 25.7. The molecule has 0 spiro atoms. The summed E-state index contributed by atoms with van der Waals surface area (Å²) in [6.45, 7) is 0.905. The summed E-state index contributed by atoms with van der Waals surface area (Å²) in [4.78, 5) is 2.42. The summed E-state index contributed by atoms with van der Waals surface area (Å²) in [5, 5.41) is 0. The van der Waals surface area contributed by atoms with Gasteiger partial charge in [0.1, 0.15) is 22.5 Å². The van der Waals surface area contributed by atoms with Crippen LogP contribution in [-0.4, -0.2) is 26.2 Å². The molecule has 2 nitrogen and oxygen atoms in total. The fourth-order valence-corrected chi connectivity index (χ4v) is 4.44. The molecule has 10 heteroatoms. The van der Waals surface area contributed by atoms with Gasteiger partial charge in [-0.3, -0.25) is 0 Å². The minimum Gasteiger partial charge on any atom is -0.367 e. The molecule has 0 radical (unpaired) electrons. The Balaban J connectivity index is 1.67. The fourth-order valence-electron chi connectivity index (χ4n) is 4.44. The Morgan fingerprint density at radius 2 is 0.667 bits per heavy atom. The van der Waals surface area contributed by atoms with Gasteiger partial charge in [-0.25, -0.2) is 35.1 Å². The van der Waals surface area contributed by atoms with Crippen LogP contribution >= 0.6 is 0 Å². The third-order valence-corrected chi connectivity index (χ3v) is 6.26. The van der Waals surface area contributed by atoms with Crippen molar-refractivity contribution in [3.8, 4) is 23.7 Å². The van der Waals surface area contributed by atoms with E-state index in [4.69, 9.17) is 0 Å². The standard InChI is InChI=1S/C26H20F8N2/c27-17-15(18(28)22(32)25(21(17)31)35-11-5-1-6-12-35)9-3-4-10-16-19(29)23(33)26(24(34)20(16)30)36-13-7-2-8-14-36/h1-2,5-8,11-14H2. The number of hydrogen-bond donors (Lipinski definition) is 0. The maximum Gasteiger partial charge on any atom is 0.186 e. The summed E-state index contributed by atoms with van der Waals surface area (Å²) >= 11 is 0. The summed E-state index contributed by atoms with van der Waals surface area (Å²) in [6, 6.07) is 0. The van der Waals surface area contributed by atoms with Gasteiger partial charge in [0.2, 0.25) is 0 Å². The molecule has 0 saturated carbocycles. The first-order valence-electron chi connectivity index (χ1n) is 11.5. The highest BCUT2D eigenvalue weighted by molar-refractivity contribution is 5.58. The molecule has 2 saturated heterocycles. The van der Waals surface area contributed by atoms with E-state index in [9.17, 15) is 35.1 Å². The quantitative estimate of drug-likeness (QED) is 0.269. The molecular weight excluding hydrogens is 492 g/mol. The zero-order valence-corrected chi connectivity index (χ0v) is 19.0. The van der Waals surface area contributed by atoms with Crippen LogP contribution in [0.2, 0.25) is 0 Å². The van der Waals surface area contributed by atoms with Crippen molar-refractivity contribution >= 4 is 11.4 Å². The molecule has 2 aromatic carbocycles. The van der Waals surface area contributed by atoms with Crippen molar-refractivity contribution in [2.75, 3.05) is 36.0 Å². The zero-order valence-electron chi connectivity index (χ0n) is 19.0. The van der Waals surface area contributed by atoms with Crippen molar-refractivity contribution in [3.05, 3.63) is 57.7 Å². The van der Waals surface area contributed by atoms with E-state index >= 15 is 0 Å². The summed E-state index contributed by atoms with van der Waals surface area (Å²) in [5.41, 5.74) is -4.19. The molecule has 36 heavy (non-hydrogen) atoms. The van der Waals surface area contributed by atoms with E-state index in [-0.39, 0.29) is 26.2 Å². The smallest absolute Gasteiger partial charge is 0.186 e. The number of rotatable bonds is 2. The number of nitrogens with zero attached hydrogens (tertiary/aromatic N) is 2. The third kappa shape index (κ3) is 4.69. The Labute approximate surface area is 202 Å². The van der Waals surface area contributed by atoms with Gasteiger partial charge < -0.3 is 9.80 Å². The molecule has 2 heterocycles. The molecule has 0 atom stereocenters. The SMILES string of the molecule is Fc1c(F)c(N2CCCCC2)c(F)c(F)c1C#CC#Cc1c(F)c(F)c(N2CCCCC2)c(F)c1F. The van der Waals surface area contributed by atoms with E-state index in [1.54, 1.807) is 11.8 Å². The molecule has 2 fully saturated rings. The lowest BCUT2D eigenvalue weighted by Gasteiger charge is -2.29. The Morgan fingerprint density at radius 1 is 0.389 bits per heavy atom. The van der Waals surface area contributed by atoms with Gasteiger partial charge in [0.25, 0.3) is 0 Å². The molecule has 0 unspecified atom stereocenters. The second-order valence-electron chi connectivity index (χ2n) is 8.55. The molecule has 190 valence electrons. The number of benzene rings is 2. The van der Waals surface area contributed by atoms with Crippen LogP contribution in [0.3, 0.4) is 0 Å². The zero-order chi connectivity index (χ0) is 26.0. The van der Waals surface area contributed by atoms with Gasteiger partial charge >= 0.3 is 0 Å². The Hall–Kier alpha value is -3.40. The van der Waals surface area contributed by atoms with E-state index in [0.29, 0.717) is 25.7 Å². The van der Waals surface area contributed by atoms with Crippen molar-refractivity contribution < 1.29 is 35.1 Å². The predicted octanol–water partition coefficient (Wildman–Crippen LogP) is 6.18. The minimum absolute atomic E-state index is 0.226. The molecule has 0 aromatic heterocycles. The van der Waals surface area contributed by atoms with Gasteiger partial charge in [-0.1, -0.05) is 0 Å². The lowest BCUT2D eigenvalue weighted by atomic mass is 10.1. The number of piperidine rings is 2. The second kappa shape index (κ2) is 10.7. The summed E-state index contributed by atoms with van der Waals surface area (Å²) in [6.07, 6.45) is 4.06. The second-order valence-corrected chi connectivity index (χ2v) is 8.55. The average molecular weight is 512 g/mol. The molecule has 2 aliphatic rings. The Kier molecular flexibility index (Phi) is 7.63. The van der Waals surface area contributed by atoms with Crippen LogP contribution in [0, 0.1) is 70.2 Å². The summed E-state index contributed by atoms with van der Waals surface area (Å²) < 4.78 is 116. The molecule has 0 amide bonds. The van der Waals surface area contributed by atoms with E-state index < -0.39 is 69.0 Å². The van der Waals surface area contributed by atoms with Crippen molar-refractivity contribution in [3.63, 3.8) is 0 Å². The van der Waals surface area contributed by atoms with E-state index in [2.05, 4.69) is 0 Å². The van der Waals surface area contributed by atoms with Gasteiger partial charge in [-0.15, -0.1) is 0 Å². The molecule has 2 aliphatic heterocycles. The highest BCUT2D eigenvalue weighted by Crippen LogP contribution is 2.33. The van der Waals surface area contributed by atoms with Crippen molar-refractivity contribution in [1.29, 1.82) is 0 Å². The molecule has 4 rings (SSSR count). The van der Waals surface area contributed by atoms with Crippen LogP contribution in [0.5, 0.6) is 0 Å². The number of hydrogen-bond acceptors (Lipinski definition) is 2. The first-order chi connectivity index (χ1) is 17.2. The van der Waals surface area contributed by atoms with Gasteiger partial charge in [-0.2, -0.15) is 0 Å². The largest absolute Gasteiger partial charge is 0.367 e. The highest BCUT2D eigenvalue weighted by Gasteiger charge is 2.30. The van der Waals surface area contributed by atoms with Crippen LogP contribution in [0.4, 0.5) is 46.5 Å². The van der Waals surface area contributed by atoms with Crippen LogP contribution in [0.1, 0.15) is 49.7 Å². The maximum atomic E-state index is 14.5. The minimum atomic E-state index is -1.75. The normalized spacial score (nSPS) is 15.8. The van der Waals surface area contributed by atoms with Gasteiger partial charge in [0.05, 0.1) is 0 Å². The monoisotopic (exact) mass is 512 g/mol. The first-order valence-corrected chi connectivity index (χ1v) is 11.5. The van der Waals surface area contributed by atoms with Crippen LogP contribution in [-0.2, 0) is 0 Å². The van der Waals surface area contributed by atoms with E-state index in [1.165, 1.54) is 9.80 Å². The van der Waals surface area contributed by atoms with Crippen molar-refractivity contribution in [1.82, 2.24) is 0 Å². The molecule has 2 aromatic rings. The molecule has 0 N–H and O–H groups in total. The Morgan fingerprint density at radius 3 is 0.944 bits per heavy atom. The van der Waals surface area contributed by atoms with Crippen molar-refractivity contribution in [2.45, 2.75) is 38.5 Å². The lowest BCUT2D eigenvalue weighted by Crippen LogP contribution is -2.32. The van der Waals surface area contributed by atoms with Crippen LogP contribution < -0.4 is 9.80 Å². The van der Waals surface area contributed by atoms with Crippen molar-refractivity contribution in [2.24, 2.45) is 0 Å². The summed E-state index contributed by atoms with van der Waals surface area (Å²) in [5.74, 6) is -6.25. The lowest BCUT2D eigenvalue weighted by molar-refractivity contribution is 0.441. The van der Waals surface area contributed by atoms with Gasteiger partial charge in [-0.05, 0) is 62.2 Å². The van der Waals surface area contributed by atoms with Crippen LogP contribution in [0.15, 0.2) is 0 Å². The fraction of sp³-hybridized carbons (Fsp3) is 0.385. The van der Waals surface area contributed by atoms with Crippen LogP contribution in [0.25, 0.3) is 0 Å². The van der Waals surface area contributed by atoms with E-state index in [0.717, 1.165) is 12.8 Å². The predicted molar refractivity (Wildman–Crippen MR) is 118 cm³/mol. The molecule has 0 bridgehead atoms. The van der Waals surface area contributed by atoms with E-state index in [1.807, 2.05) is 11.8 Å². The van der Waals surface area contributed by atoms with Gasteiger partial charge in [0.15, 0.2) is 46.5 Å². The molecular formula is C26H20F8N2. The summed E-state index contributed by atoms with van der Waals surface area (Å²) in [7, 11) is 0. The maximum absolute atomic E-state index is 14.5. The average Bonchev–Trinajstić information content (AvgIpc) is 2.89. The third-order valence-electron chi connectivity index (χ3n) is 6.26. The highest BCUT2D eigenvalue weighted by atomic mass is 19.2. The number of anilines is 2. The molecule has 0 aliphatic carbocycles. The Bertz CT molecular complexity index is 1140. The number of halogens is 8.